The molecule has 0 saturated carbocycles. The molecule has 1 aliphatic rings. The number of likely N-dealkylation sites (tertiary alicyclic amines) is 1. The molecule has 1 aromatic carbocycles. The Labute approximate surface area is 154 Å². The number of carbonyl (C=O) groups is 1. The smallest absolute Gasteiger partial charge is 0.250 e. The van der Waals surface area contributed by atoms with E-state index >= 15 is 0 Å². The number of aryl methyl sites for hydroxylation is 2. The Bertz CT molecular complexity index is 782. The summed E-state index contributed by atoms with van der Waals surface area (Å²) in [6, 6.07) is 13.1. The molecule has 1 atom stereocenters. The Morgan fingerprint density at radius 1 is 1.19 bits per heavy atom. The molecule has 1 amide bonds. The van der Waals surface area contributed by atoms with E-state index in [0.717, 1.165) is 31.7 Å². The highest BCUT2D eigenvalue weighted by Gasteiger charge is 2.24. The lowest BCUT2D eigenvalue weighted by atomic mass is 9.98. The first kappa shape index (κ1) is 18.2. The highest BCUT2D eigenvalue weighted by atomic mass is 16.5. The van der Waals surface area contributed by atoms with Gasteiger partial charge in [-0.25, -0.2) is 0 Å². The Hall–Kier alpha value is -2.56. The molecule has 1 unspecified atom stereocenters. The number of hydrogen-bond acceptors (Lipinski definition) is 3. The van der Waals surface area contributed by atoms with E-state index in [1.54, 1.807) is 16.8 Å². The third-order valence-corrected chi connectivity index (χ3v) is 4.84. The van der Waals surface area contributed by atoms with Crippen molar-refractivity contribution in [1.82, 2.24) is 9.47 Å². The molecule has 2 heterocycles. The van der Waals surface area contributed by atoms with Gasteiger partial charge in [-0.1, -0.05) is 23.8 Å². The van der Waals surface area contributed by atoms with Crippen molar-refractivity contribution < 1.29 is 9.53 Å². The number of hydrogen-bond donors (Lipinski definition) is 0. The number of rotatable bonds is 6. The fraction of sp³-hybridized carbons (Fsp3) is 0.429. The van der Waals surface area contributed by atoms with E-state index in [0.29, 0.717) is 25.5 Å². The van der Waals surface area contributed by atoms with E-state index in [4.69, 9.17) is 4.74 Å². The predicted molar refractivity (Wildman–Crippen MR) is 101 cm³/mol. The van der Waals surface area contributed by atoms with Gasteiger partial charge < -0.3 is 14.2 Å². The normalized spacial score (nSPS) is 17.1. The third-order valence-electron chi connectivity index (χ3n) is 4.84. The first-order valence-electron chi connectivity index (χ1n) is 9.24. The lowest BCUT2D eigenvalue weighted by molar-refractivity contribution is -0.133. The van der Waals surface area contributed by atoms with Crippen molar-refractivity contribution in [3.05, 3.63) is 64.6 Å². The predicted octanol–water partition coefficient (Wildman–Crippen LogP) is 2.86. The molecule has 0 aliphatic carbocycles. The average molecular weight is 354 g/mol. The average Bonchev–Trinajstić information content (AvgIpc) is 2.67. The fourth-order valence-corrected chi connectivity index (χ4v) is 3.30. The van der Waals surface area contributed by atoms with Crippen molar-refractivity contribution in [2.24, 2.45) is 5.92 Å². The summed E-state index contributed by atoms with van der Waals surface area (Å²) < 4.78 is 7.47. The van der Waals surface area contributed by atoms with Crippen LogP contribution in [0.5, 0.6) is 5.75 Å². The molecular weight excluding hydrogens is 328 g/mol. The van der Waals surface area contributed by atoms with Gasteiger partial charge in [0.2, 0.25) is 5.91 Å². The molecule has 1 aromatic heterocycles. The third kappa shape index (κ3) is 4.97. The van der Waals surface area contributed by atoms with Gasteiger partial charge >= 0.3 is 0 Å². The van der Waals surface area contributed by atoms with E-state index < -0.39 is 0 Å². The zero-order valence-electron chi connectivity index (χ0n) is 15.3. The van der Waals surface area contributed by atoms with Gasteiger partial charge in [-0.15, -0.1) is 0 Å². The Balaban J connectivity index is 1.48. The molecule has 1 fully saturated rings. The Morgan fingerprint density at radius 3 is 2.77 bits per heavy atom. The molecule has 1 saturated heterocycles. The van der Waals surface area contributed by atoms with Crippen LogP contribution in [0, 0.1) is 12.8 Å². The second-order valence-corrected chi connectivity index (χ2v) is 6.95. The summed E-state index contributed by atoms with van der Waals surface area (Å²) >= 11 is 0. The second-order valence-electron chi connectivity index (χ2n) is 6.95. The molecule has 0 N–H and O–H groups in total. The van der Waals surface area contributed by atoms with Crippen LogP contribution in [0.15, 0.2) is 53.5 Å². The van der Waals surface area contributed by atoms with Gasteiger partial charge in [0.15, 0.2) is 0 Å². The molecule has 26 heavy (non-hydrogen) atoms. The van der Waals surface area contributed by atoms with Crippen LogP contribution in [0.1, 0.15) is 24.8 Å². The van der Waals surface area contributed by atoms with Crippen molar-refractivity contribution >= 4 is 5.91 Å². The Kier molecular flexibility index (Phi) is 6.10. The van der Waals surface area contributed by atoms with Gasteiger partial charge in [0.1, 0.15) is 5.75 Å². The number of benzene rings is 1. The summed E-state index contributed by atoms with van der Waals surface area (Å²) in [5.41, 5.74) is 1.15. The van der Waals surface area contributed by atoms with Crippen LogP contribution in [-0.2, 0) is 11.3 Å². The number of carbonyl (C=O) groups excluding carboxylic acids is 1. The molecule has 2 aromatic rings. The standard InChI is InChI=1S/C21H26N2O3/c1-17-7-9-19(10-8-17)26-16-18-5-4-13-23(15-18)21(25)11-14-22-12-3-2-6-20(22)24/h2-3,6-10,12,18H,4-5,11,13-16H2,1H3. The van der Waals surface area contributed by atoms with Crippen molar-refractivity contribution in [1.29, 1.82) is 0 Å². The van der Waals surface area contributed by atoms with Crippen molar-refractivity contribution in [3.8, 4) is 5.75 Å². The number of pyridine rings is 1. The number of aromatic nitrogens is 1. The molecule has 5 heteroatoms. The summed E-state index contributed by atoms with van der Waals surface area (Å²) in [5.74, 6) is 1.34. The van der Waals surface area contributed by atoms with Crippen molar-refractivity contribution in [2.45, 2.75) is 32.7 Å². The molecular formula is C21H26N2O3. The van der Waals surface area contributed by atoms with Gasteiger partial charge in [0.05, 0.1) is 6.61 Å². The summed E-state index contributed by atoms with van der Waals surface area (Å²) in [6.45, 7) is 4.64. The first-order chi connectivity index (χ1) is 12.6. The summed E-state index contributed by atoms with van der Waals surface area (Å²) in [6.07, 6.45) is 4.16. The Morgan fingerprint density at radius 2 is 2.00 bits per heavy atom. The summed E-state index contributed by atoms with van der Waals surface area (Å²) in [7, 11) is 0. The summed E-state index contributed by atoms with van der Waals surface area (Å²) in [4.78, 5) is 26.1. The largest absolute Gasteiger partial charge is 0.493 e. The molecule has 0 bridgehead atoms. The van der Waals surface area contributed by atoms with E-state index in [1.165, 1.54) is 11.6 Å². The lowest BCUT2D eigenvalue weighted by Crippen LogP contribution is -2.42. The van der Waals surface area contributed by atoms with Crippen LogP contribution < -0.4 is 10.3 Å². The number of nitrogens with zero attached hydrogens (tertiary/aromatic N) is 2. The van der Waals surface area contributed by atoms with Crippen molar-refractivity contribution in [2.75, 3.05) is 19.7 Å². The van der Waals surface area contributed by atoms with Crippen LogP contribution in [0.4, 0.5) is 0 Å². The molecule has 1 aliphatic heterocycles. The van der Waals surface area contributed by atoms with E-state index in [1.807, 2.05) is 35.2 Å². The zero-order valence-corrected chi connectivity index (χ0v) is 15.3. The number of piperidine rings is 1. The van der Waals surface area contributed by atoms with Crippen LogP contribution >= 0.6 is 0 Å². The monoisotopic (exact) mass is 354 g/mol. The molecule has 3 rings (SSSR count). The minimum Gasteiger partial charge on any atom is -0.493 e. The van der Waals surface area contributed by atoms with E-state index in [2.05, 4.69) is 6.92 Å². The highest BCUT2D eigenvalue weighted by molar-refractivity contribution is 5.76. The maximum Gasteiger partial charge on any atom is 0.250 e. The topological polar surface area (TPSA) is 51.5 Å². The summed E-state index contributed by atoms with van der Waals surface area (Å²) in [5, 5.41) is 0. The maximum atomic E-state index is 12.5. The van der Waals surface area contributed by atoms with Gasteiger partial charge in [0.25, 0.3) is 5.56 Å². The number of amides is 1. The first-order valence-corrected chi connectivity index (χ1v) is 9.24. The quantitative estimate of drug-likeness (QED) is 0.801. The van der Waals surface area contributed by atoms with Crippen LogP contribution in [0.2, 0.25) is 0 Å². The van der Waals surface area contributed by atoms with Gasteiger partial charge in [0, 0.05) is 44.2 Å². The maximum absolute atomic E-state index is 12.5. The molecule has 138 valence electrons. The second kappa shape index (κ2) is 8.70. The minimum atomic E-state index is -0.0664. The zero-order chi connectivity index (χ0) is 18.4. The highest BCUT2D eigenvalue weighted by Crippen LogP contribution is 2.20. The van der Waals surface area contributed by atoms with E-state index in [-0.39, 0.29) is 11.5 Å². The van der Waals surface area contributed by atoms with E-state index in [9.17, 15) is 9.59 Å². The van der Waals surface area contributed by atoms with Crippen LogP contribution in [0.3, 0.4) is 0 Å². The van der Waals surface area contributed by atoms with Gasteiger partial charge in [-0.2, -0.15) is 0 Å². The van der Waals surface area contributed by atoms with Gasteiger partial charge in [-0.05, 0) is 38.0 Å². The molecule has 0 radical (unpaired) electrons. The van der Waals surface area contributed by atoms with Gasteiger partial charge in [-0.3, -0.25) is 9.59 Å². The molecule has 5 nitrogen and oxygen atoms in total. The van der Waals surface area contributed by atoms with Crippen molar-refractivity contribution in [3.63, 3.8) is 0 Å². The fourth-order valence-electron chi connectivity index (χ4n) is 3.30. The van der Waals surface area contributed by atoms with Crippen LogP contribution in [-0.4, -0.2) is 35.1 Å². The number of ether oxygens (including phenoxy) is 1. The lowest BCUT2D eigenvalue weighted by Gasteiger charge is -2.32. The van der Waals surface area contributed by atoms with Crippen LogP contribution in [0.25, 0.3) is 0 Å². The minimum absolute atomic E-state index is 0.0664. The molecule has 0 spiro atoms. The SMILES string of the molecule is Cc1ccc(OCC2CCCN(C(=O)CCn3ccccc3=O)C2)cc1.